The van der Waals surface area contributed by atoms with E-state index in [1.165, 1.54) is 11.1 Å². The summed E-state index contributed by atoms with van der Waals surface area (Å²) in [5, 5.41) is 14.0. The molecule has 0 aliphatic heterocycles. The van der Waals surface area contributed by atoms with Crippen molar-refractivity contribution in [2.75, 3.05) is 0 Å². The van der Waals surface area contributed by atoms with Crippen LogP contribution in [-0.2, 0) is 19.4 Å². The number of hydrogen-bond donors (Lipinski definition) is 1. The van der Waals surface area contributed by atoms with Gasteiger partial charge in [0.2, 0.25) is 5.76 Å². The van der Waals surface area contributed by atoms with Gasteiger partial charge in [-0.25, -0.2) is 4.79 Å². The van der Waals surface area contributed by atoms with Crippen molar-refractivity contribution >= 4 is 5.97 Å². The highest BCUT2D eigenvalue weighted by Gasteiger charge is 2.29. The lowest BCUT2D eigenvalue weighted by Gasteiger charge is -2.09. The fourth-order valence-corrected chi connectivity index (χ4v) is 3.41. The van der Waals surface area contributed by atoms with Gasteiger partial charge in [0.25, 0.3) is 0 Å². The fraction of sp³-hybridized carbons (Fsp3) is 0.263. The van der Waals surface area contributed by atoms with Crippen molar-refractivity contribution in [3.05, 3.63) is 64.2 Å². The van der Waals surface area contributed by atoms with Gasteiger partial charge in [-0.2, -0.15) is 5.10 Å². The van der Waals surface area contributed by atoms with Gasteiger partial charge in [0.05, 0.1) is 12.2 Å². The van der Waals surface area contributed by atoms with Crippen molar-refractivity contribution in [2.24, 2.45) is 0 Å². The number of rotatable bonds is 3. The topological polar surface area (TPSA) is 68.3 Å². The van der Waals surface area contributed by atoms with E-state index in [0.29, 0.717) is 18.5 Å². The Balaban J connectivity index is 1.76. The van der Waals surface area contributed by atoms with E-state index in [0.717, 1.165) is 29.0 Å². The predicted octanol–water partition coefficient (Wildman–Crippen LogP) is 3.61. The number of benzene rings is 1. The summed E-state index contributed by atoms with van der Waals surface area (Å²) in [5.74, 6) is -0.261. The third-order valence-corrected chi connectivity index (χ3v) is 4.70. The average Bonchev–Trinajstić information content (AvgIpc) is 3.10. The Morgan fingerprint density at radius 1 is 1.29 bits per heavy atom. The Morgan fingerprint density at radius 2 is 2.08 bits per heavy atom. The molecule has 5 nitrogen and oxygen atoms in total. The second kappa shape index (κ2) is 5.37. The molecule has 2 aromatic heterocycles. The summed E-state index contributed by atoms with van der Waals surface area (Å²) in [6, 6.07) is 8.26. The summed E-state index contributed by atoms with van der Waals surface area (Å²) in [6.45, 7) is 4.59. The van der Waals surface area contributed by atoms with Gasteiger partial charge in [-0.05, 0) is 37.0 Å². The number of carboxylic acid groups (broad SMARTS) is 1. The third kappa shape index (κ3) is 2.24. The van der Waals surface area contributed by atoms with E-state index in [-0.39, 0.29) is 5.76 Å². The lowest BCUT2D eigenvalue weighted by atomic mass is 9.94. The Labute approximate surface area is 139 Å². The molecule has 0 atom stereocenters. The zero-order chi connectivity index (χ0) is 16.8. The van der Waals surface area contributed by atoms with Crippen LogP contribution >= 0.6 is 0 Å². The maximum Gasteiger partial charge on any atom is 0.372 e. The van der Waals surface area contributed by atoms with E-state index >= 15 is 0 Å². The van der Waals surface area contributed by atoms with Gasteiger partial charge in [-0.15, -0.1) is 0 Å². The number of aryl methyl sites for hydroxylation is 3. The summed E-state index contributed by atoms with van der Waals surface area (Å²) < 4.78 is 7.49. The highest BCUT2D eigenvalue weighted by molar-refractivity contribution is 5.90. The molecule has 0 spiro atoms. The van der Waals surface area contributed by atoms with E-state index in [1.807, 2.05) is 16.8 Å². The second-order valence-electron chi connectivity index (χ2n) is 6.29. The molecule has 1 aliphatic carbocycles. The highest BCUT2D eigenvalue weighted by atomic mass is 16.4. The van der Waals surface area contributed by atoms with Crippen LogP contribution in [0.15, 0.2) is 34.9 Å². The van der Waals surface area contributed by atoms with Gasteiger partial charge >= 0.3 is 5.97 Å². The number of aromatic nitrogens is 2. The van der Waals surface area contributed by atoms with Crippen molar-refractivity contribution in [2.45, 2.75) is 33.2 Å². The molecule has 0 saturated heterocycles. The summed E-state index contributed by atoms with van der Waals surface area (Å²) in [5.41, 5.74) is 6.00. The zero-order valence-corrected chi connectivity index (χ0v) is 13.7. The van der Waals surface area contributed by atoms with Crippen LogP contribution in [0.3, 0.4) is 0 Å². The van der Waals surface area contributed by atoms with Gasteiger partial charge in [0.1, 0.15) is 5.76 Å². The van der Waals surface area contributed by atoms with E-state index in [1.54, 1.807) is 6.92 Å². The monoisotopic (exact) mass is 322 g/mol. The number of furan rings is 1. The molecule has 0 amide bonds. The van der Waals surface area contributed by atoms with Crippen LogP contribution in [0.25, 0.3) is 11.3 Å². The molecule has 0 saturated carbocycles. The molecular formula is C19H18N2O3. The lowest BCUT2D eigenvalue weighted by Crippen LogP contribution is -2.02. The number of carbonyl (C=O) groups is 1. The second-order valence-corrected chi connectivity index (χ2v) is 6.29. The molecule has 1 aliphatic rings. The number of nitrogens with zero attached hydrogens (tertiary/aromatic N) is 2. The SMILES string of the molecule is Cc1ccccc1Cn1cc2c(n1)-c1c(oc(C(=O)O)c1C)CC2. The minimum Gasteiger partial charge on any atom is -0.475 e. The highest BCUT2D eigenvalue weighted by Crippen LogP contribution is 2.38. The van der Waals surface area contributed by atoms with Crippen molar-refractivity contribution in [1.29, 1.82) is 0 Å². The van der Waals surface area contributed by atoms with Gasteiger partial charge < -0.3 is 9.52 Å². The molecule has 0 radical (unpaired) electrons. The number of hydrogen-bond acceptors (Lipinski definition) is 3. The first kappa shape index (κ1) is 14.8. The van der Waals surface area contributed by atoms with E-state index in [4.69, 9.17) is 9.52 Å². The molecule has 4 rings (SSSR count). The normalized spacial score (nSPS) is 12.8. The molecule has 122 valence electrons. The summed E-state index contributed by atoms with van der Waals surface area (Å²) in [7, 11) is 0. The van der Waals surface area contributed by atoms with Gasteiger partial charge in [-0.3, -0.25) is 4.68 Å². The predicted molar refractivity (Wildman–Crippen MR) is 89.3 cm³/mol. The lowest BCUT2D eigenvalue weighted by molar-refractivity contribution is 0.0659. The molecule has 24 heavy (non-hydrogen) atoms. The van der Waals surface area contributed by atoms with Gasteiger partial charge in [0.15, 0.2) is 0 Å². The summed E-state index contributed by atoms with van der Waals surface area (Å²) in [6.07, 6.45) is 3.60. The Morgan fingerprint density at radius 3 is 2.83 bits per heavy atom. The molecule has 2 heterocycles. The Kier molecular flexibility index (Phi) is 3.30. The van der Waals surface area contributed by atoms with Crippen LogP contribution in [-0.4, -0.2) is 20.9 Å². The maximum atomic E-state index is 11.3. The quantitative estimate of drug-likeness (QED) is 0.800. The van der Waals surface area contributed by atoms with Crippen LogP contribution in [0, 0.1) is 13.8 Å². The fourth-order valence-electron chi connectivity index (χ4n) is 3.41. The molecule has 0 bridgehead atoms. The summed E-state index contributed by atoms with van der Waals surface area (Å²) in [4.78, 5) is 11.3. The molecular weight excluding hydrogens is 304 g/mol. The van der Waals surface area contributed by atoms with E-state index < -0.39 is 5.97 Å². The summed E-state index contributed by atoms with van der Waals surface area (Å²) >= 11 is 0. The van der Waals surface area contributed by atoms with Crippen LogP contribution in [0.5, 0.6) is 0 Å². The molecule has 0 unspecified atom stereocenters. The zero-order valence-electron chi connectivity index (χ0n) is 13.7. The van der Waals surface area contributed by atoms with Crippen molar-refractivity contribution in [3.63, 3.8) is 0 Å². The maximum absolute atomic E-state index is 11.3. The standard InChI is InChI=1S/C19H18N2O3/c1-11-5-3-4-6-13(11)9-21-10-14-7-8-15-16(17(14)20-21)12(2)18(24-15)19(22)23/h3-6,10H,7-9H2,1-2H3,(H,22,23). The van der Waals surface area contributed by atoms with Crippen LogP contribution in [0.1, 0.15) is 38.6 Å². The van der Waals surface area contributed by atoms with Gasteiger partial charge in [-0.1, -0.05) is 24.3 Å². The average molecular weight is 322 g/mol. The molecule has 1 N–H and O–H groups in total. The number of carboxylic acids is 1. The molecule has 0 fully saturated rings. The molecule has 5 heteroatoms. The van der Waals surface area contributed by atoms with Crippen molar-refractivity contribution < 1.29 is 14.3 Å². The van der Waals surface area contributed by atoms with E-state index in [9.17, 15) is 9.90 Å². The first-order chi connectivity index (χ1) is 11.5. The molecule has 3 aromatic rings. The van der Waals surface area contributed by atoms with Crippen LogP contribution in [0.4, 0.5) is 0 Å². The minimum atomic E-state index is -1.03. The van der Waals surface area contributed by atoms with Crippen molar-refractivity contribution in [1.82, 2.24) is 9.78 Å². The van der Waals surface area contributed by atoms with E-state index in [2.05, 4.69) is 25.3 Å². The van der Waals surface area contributed by atoms with Gasteiger partial charge in [0, 0.05) is 23.7 Å². The first-order valence-electron chi connectivity index (χ1n) is 8.01. The van der Waals surface area contributed by atoms with Crippen molar-refractivity contribution in [3.8, 4) is 11.3 Å². The van der Waals surface area contributed by atoms with Crippen LogP contribution in [0.2, 0.25) is 0 Å². The third-order valence-electron chi connectivity index (χ3n) is 4.70. The smallest absolute Gasteiger partial charge is 0.372 e. The largest absolute Gasteiger partial charge is 0.475 e. The Hall–Kier alpha value is -2.82. The molecule has 1 aromatic carbocycles. The number of aromatic carboxylic acids is 1. The minimum absolute atomic E-state index is 0.0290. The number of fused-ring (bicyclic) bond motifs is 3. The Bertz CT molecular complexity index is 950. The first-order valence-corrected chi connectivity index (χ1v) is 8.01. The van der Waals surface area contributed by atoms with Crippen LogP contribution < -0.4 is 0 Å².